The van der Waals surface area contributed by atoms with Crippen LogP contribution < -0.4 is 11.2 Å². The summed E-state index contributed by atoms with van der Waals surface area (Å²) < 4.78 is 1.67. The van der Waals surface area contributed by atoms with Gasteiger partial charge in [-0.1, -0.05) is 29.8 Å². The summed E-state index contributed by atoms with van der Waals surface area (Å²) in [5.74, 6) is 0. The Kier molecular flexibility index (Phi) is 6.47. The van der Waals surface area contributed by atoms with Gasteiger partial charge in [-0.15, -0.1) is 0 Å². The zero-order chi connectivity index (χ0) is 23.4. The SMILES string of the molecule is CC(N)=CC(=Nc1cccc(Cl)c1)c1nn(-c2ccc(-c3ccccn3)cc2C)ccc1=O. The van der Waals surface area contributed by atoms with Gasteiger partial charge >= 0.3 is 0 Å². The highest BCUT2D eigenvalue weighted by atomic mass is 35.5. The van der Waals surface area contributed by atoms with Gasteiger partial charge in [0.2, 0.25) is 5.43 Å². The molecule has 2 heterocycles. The summed E-state index contributed by atoms with van der Waals surface area (Å²) in [7, 11) is 0. The number of halogens is 1. The molecule has 0 spiro atoms. The van der Waals surface area contributed by atoms with E-state index in [-0.39, 0.29) is 11.1 Å². The lowest BCUT2D eigenvalue weighted by Crippen LogP contribution is -2.21. The molecule has 33 heavy (non-hydrogen) atoms. The van der Waals surface area contributed by atoms with Crippen molar-refractivity contribution in [2.24, 2.45) is 10.7 Å². The summed E-state index contributed by atoms with van der Waals surface area (Å²) >= 11 is 6.10. The van der Waals surface area contributed by atoms with Gasteiger partial charge in [0.05, 0.1) is 22.8 Å². The van der Waals surface area contributed by atoms with Crippen molar-refractivity contribution in [1.82, 2.24) is 14.8 Å². The largest absolute Gasteiger partial charge is 0.402 e. The molecule has 0 aliphatic heterocycles. The number of hydrogen-bond donors (Lipinski definition) is 1. The molecule has 0 unspecified atom stereocenters. The Morgan fingerprint density at radius 3 is 2.64 bits per heavy atom. The van der Waals surface area contributed by atoms with E-state index in [0.29, 0.717) is 22.1 Å². The van der Waals surface area contributed by atoms with E-state index < -0.39 is 0 Å². The highest BCUT2D eigenvalue weighted by Gasteiger charge is 2.12. The Bertz CT molecular complexity index is 1420. The first kappa shape index (κ1) is 22.2. The predicted octanol–water partition coefficient (Wildman–Crippen LogP) is 5.24. The fraction of sp³-hybridized carbons (Fsp3) is 0.0769. The number of aryl methyl sites for hydroxylation is 1. The molecule has 6 nitrogen and oxygen atoms in total. The second-order valence-corrected chi connectivity index (χ2v) is 7.99. The fourth-order valence-electron chi connectivity index (χ4n) is 3.38. The highest BCUT2D eigenvalue weighted by molar-refractivity contribution is 6.30. The first-order valence-corrected chi connectivity index (χ1v) is 10.7. The summed E-state index contributed by atoms with van der Waals surface area (Å²) in [5.41, 5.74) is 11.0. The lowest BCUT2D eigenvalue weighted by molar-refractivity contribution is 0.823. The van der Waals surface area contributed by atoms with Crippen LogP contribution in [0.3, 0.4) is 0 Å². The Morgan fingerprint density at radius 2 is 1.94 bits per heavy atom. The molecule has 0 saturated carbocycles. The monoisotopic (exact) mass is 455 g/mol. The van der Waals surface area contributed by atoms with Crippen LogP contribution in [-0.2, 0) is 0 Å². The Balaban J connectivity index is 1.80. The molecule has 2 N–H and O–H groups in total. The zero-order valence-electron chi connectivity index (χ0n) is 18.2. The summed E-state index contributed by atoms with van der Waals surface area (Å²) in [6.07, 6.45) is 5.04. The third kappa shape index (κ3) is 5.25. The minimum Gasteiger partial charge on any atom is -0.402 e. The van der Waals surface area contributed by atoms with Crippen LogP contribution in [-0.4, -0.2) is 20.5 Å². The topological polar surface area (TPSA) is 86.2 Å². The van der Waals surface area contributed by atoms with Gasteiger partial charge in [0.15, 0.2) is 5.69 Å². The number of allylic oxidation sites excluding steroid dienone is 2. The third-order valence-electron chi connectivity index (χ3n) is 4.88. The van der Waals surface area contributed by atoms with Crippen molar-refractivity contribution in [1.29, 1.82) is 0 Å². The number of pyridine rings is 1. The molecule has 0 aliphatic rings. The van der Waals surface area contributed by atoms with E-state index in [1.807, 2.05) is 43.3 Å². The van der Waals surface area contributed by atoms with Crippen molar-refractivity contribution in [3.05, 3.63) is 117 Å². The molecule has 0 amide bonds. The summed E-state index contributed by atoms with van der Waals surface area (Å²) in [4.78, 5) is 21.7. The molecule has 0 atom stereocenters. The number of nitrogens with zero attached hydrogens (tertiary/aromatic N) is 4. The van der Waals surface area contributed by atoms with Crippen LogP contribution in [0.2, 0.25) is 5.02 Å². The molecule has 4 rings (SSSR count). The molecule has 0 radical (unpaired) electrons. The minimum atomic E-state index is -0.257. The standard InChI is InChI=1S/C26H22ClN5O/c1-17-14-19(22-8-3-4-12-29-22)9-10-24(17)32-13-11-25(33)26(31-32)23(15-18(2)28)30-21-7-5-6-20(27)16-21/h3-16H,28H2,1-2H3. The van der Waals surface area contributed by atoms with Crippen molar-refractivity contribution in [2.75, 3.05) is 0 Å². The van der Waals surface area contributed by atoms with Gasteiger partial charge in [0.25, 0.3) is 0 Å². The molecule has 2 aromatic heterocycles. The molecule has 0 saturated heterocycles. The van der Waals surface area contributed by atoms with Crippen LogP contribution in [0.25, 0.3) is 16.9 Å². The van der Waals surface area contributed by atoms with E-state index in [1.165, 1.54) is 6.07 Å². The summed E-state index contributed by atoms with van der Waals surface area (Å²) in [6.45, 7) is 3.72. The average Bonchev–Trinajstić information content (AvgIpc) is 2.79. The molecule has 164 valence electrons. The minimum absolute atomic E-state index is 0.190. The fourth-order valence-corrected chi connectivity index (χ4v) is 3.56. The first-order valence-electron chi connectivity index (χ1n) is 10.3. The molecule has 0 bridgehead atoms. The lowest BCUT2D eigenvalue weighted by Gasteiger charge is -2.12. The van der Waals surface area contributed by atoms with Crippen LogP contribution in [0.4, 0.5) is 5.69 Å². The zero-order valence-corrected chi connectivity index (χ0v) is 19.0. The molecule has 0 fully saturated rings. The third-order valence-corrected chi connectivity index (χ3v) is 5.11. The summed E-state index contributed by atoms with van der Waals surface area (Å²) in [6, 6.07) is 20.3. The number of nitrogens with two attached hydrogens (primary N) is 1. The van der Waals surface area contributed by atoms with Gasteiger partial charge in [0, 0.05) is 34.7 Å². The molecular weight excluding hydrogens is 434 g/mol. The van der Waals surface area contributed by atoms with Gasteiger partial charge in [-0.3, -0.25) is 9.78 Å². The smallest absolute Gasteiger partial charge is 0.209 e. The van der Waals surface area contributed by atoms with E-state index >= 15 is 0 Å². The maximum atomic E-state index is 12.7. The van der Waals surface area contributed by atoms with Crippen molar-refractivity contribution in [3.8, 4) is 16.9 Å². The van der Waals surface area contributed by atoms with E-state index in [4.69, 9.17) is 17.3 Å². The van der Waals surface area contributed by atoms with Gasteiger partial charge in [-0.2, -0.15) is 5.10 Å². The molecule has 2 aromatic carbocycles. The van der Waals surface area contributed by atoms with Crippen LogP contribution in [0, 0.1) is 6.92 Å². The normalized spacial score (nSPS) is 12.1. The lowest BCUT2D eigenvalue weighted by atomic mass is 10.1. The van der Waals surface area contributed by atoms with Gasteiger partial charge in [0.1, 0.15) is 0 Å². The van der Waals surface area contributed by atoms with E-state index in [9.17, 15) is 4.79 Å². The molecule has 7 heteroatoms. The number of aliphatic imine (C=N–C) groups is 1. The van der Waals surface area contributed by atoms with Crippen LogP contribution in [0.5, 0.6) is 0 Å². The number of rotatable bonds is 5. The maximum absolute atomic E-state index is 12.7. The second kappa shape index (κ2) is 9.63. The Hall–Kier alpha value is -4.03. The van der Waals surface area contributed by atoms with E-state index in [2.05, 4.69) is 15.1 Å². The maximum Gasteiger partial charge on any atom is 0.209 e. The molecule has 4 aromatic rings. The molecule has 0 aliphatic carbocycles. The Labute approximate surface area is 196 Å². The quantitative estimate of drug-likeness (QED) is 0.417. The van der Waals surface area contributed by atoms with Gasteiger partial charge in [-0.05, 0) is 68.0 Å². The van der Waals surface area contributed by atoms with Crippen molar-refractivity contribution in [3.63, 3.8) is 0 Å². The van der Waals surface area contributed by atoms with Crippen LogP contribution >= 0.6 is 11.6 Å². The van der Waals surface area contributed by atoms with Crippen molar-refractivity contribution >= 4 is 23.0 Å². The number of hydrogen-bond acceptors (Lipinski definition) is 5. The van der Waals surface area contributed by atoms with Crippen LogP contribution in [0.1, 0.15) is 18.2 Å². The Morgan fingerprint density at radius 1 is 1.09 bits per heavy atom. The van der Waals surface area contributed by atoms with E-state index in [1.54, 1.807) is 54.3 Å². The van der Waals surface area contributed by atoms with Gasteiger partial charge < -0.3 is 5.73 Å². The van der Waals surface area contributed by atoms with Crippen molar-refractivity contribution < 1.29 is 0 Å². The van der Waals surface area contributed by atoms with E-state index in [0.717, 1.165) is 22.5 Å². The van der Waals surface area contributed by atoms with Crippen LogP contribution in [0.15, 0.2) is 101 Å². The van der Waals surface area contributed by atoms with Crippen molar-refractivity contribution in [2.45, 2.75) is 13.8 Å². The predicted molar refractivity (Wildman–Crippen MR) is 133 cm³/mol. The first-order chi connectivity index (χ1) is 15.9. The molecular formula is C26H22ClN5O. The summed E-state index contributed by atoms with van der Waals surface area (Å²) in [5, 5.41) is 5.15. The second-order valence-electron chi connectivity index (χ2n) is 7.55. The highest BCUT2D eigenvalue weighted by Crippen LogP contribution is 2.23. The van der Waals surface area contributed by atoms with Gasteiger partial charge in [-0.25, -0.2) is 9.67 Å². The number of benzene rings is 2. The average molecular weight is 456 g/mol. The number of aromatic nitrogens is 3.